The lowest BCUT2D eigenvalue weighted by Gasteiger charge is -2.35. The molecule has 1 saturated carbocycles. The van der Waals surface area contributed by atoms with Crippen molar-refractivity contribution in [2.45, 2.75) is 45.4 Å². The van der Waals surface area contributed by atoms with Crippen LogP contribution in [0.4, 0.5) is 0 Å². The lowest BCUT2D eigenvalue weighted by Crippen LogP contribution is -2.50. The quantitative estimate of drug-likeness (QED) is 0.815. The fourth-order valence-electron chi connectivity index (χ4n) is 3.46. The van der Waals surface area contributed by atoms with E-state index < -0.39 is 0 Å². The van der Waals surface area contributed by atoms with Gasteiger partial charge in [-0.2, -0.15) is 0 Å². The van der Waals surface area contributed by atoms with E-state index in [1.54, 1.807) is 0 Å². The van der Waals surface area contributed by atoms with Gasteiger partial charge < -0.3 is 15.8 Å². The molecular weight excluding hydrogens is 240 g/mol. The number of amides is 1. The van der Waals surface area contributed by atoms with Crippen LogP contribution in [0.5, 0.6) is 0 Å². The van der Waals surface area contributed by atoms with Crippen molar-refractivity contribution in [3.63, 3.8) is 0 Å². The molecule has 3 N–H and O–H groups in total. The molecule has 0 radical (unpaired) electrons. The molecule has 0 aromatic carbocycles. The summed E-state index contributed by atoms with van der Waals surface area (Å²) < 4.78 is 5.35. The van der Waals surface area contributed by atoms with Gasteiger partial charge in [0.1, 0.15) is 0 Å². The van der Waals surface area contributed by atoms with Crippen LogP contribution in [-0.2, 0) is 9.53 Å². The van der Waals surface area contributed by atoms with Crippen molar-refractivity contribution in [1.82, 2.24) is 5.32 Å². The van der Waals surface area contributed by atoms with E-state index in [1.807, 2.05) is 0 Å². The van der Waals surface area contributed by atoms with Crippen LogP contribution >= 0.6 is 0 Å². The lowest BCUT2D eigenvalue weighted by molar-refractivity contribution is -0.136. The first-order chi connectivity index (χ1) is 9.16. The fourth-order valence-corrected chi connectivity index (χ4v) is 3.46. The zero-order valence-electron chi connectivity index (χ0n) is 12.1. The molecule has 4 heteroatoms. The topological polar surface area (TPSA) is 64.4 Å². The first kappa shape index (κ1) is 14.8. The highest BCUT2D eigenvalue weighted by Gasteiger charge is 2.38. The Morgan fingerprint density at radius 3 is 2.74 bits per heavy atom. The molecule has 0 spiro atoms. The Morgan fingerprint density at radius 1 is 1.37 bits per heavy atom. The van der Waals surface area contributed by atoms with E-state index in [-0.39, 0.29) is 11.3 Å². The number of carbonyl (C=O) groups excluding carboxylic acids is 1. The van der Waals surface area contributed by atoms with E-state index in [0.717, 1.165) is 25.3 Å². The third-order valence-electron chi connectivity index (χ3n) is 4.92. The van der Waals surface area contributed by atoms with Crippen LogP contribution in [0, 0.1) is 17.3 Å². The number of hydrogen-bond acceptors (Lipinski definition) is 3. The maximum Gasteiger partial charge on any atom is 0.227 e. The number of rotatable bonds is 4. The van der Waals surface area contributed by atoms with E-state index in [2.05, 4.69) is 12.2 Å². The minimum Gasteiger partial charge on any atom is -0.381 e. The van der Waals surface area contributed by atoms with Crippen molar-refractivity contribution in [3.05, 3.63) is 0 Å². The molecule has 2 fully saturated rings. The van der Waals surface area contributed by atoms with Gasteiger partial charge in [0.2, 0.25) is 5.91 Å². The minimum absolute atomic E-state index is 0.150. The molecule has 110 valence electrons. The monoisotopic (exact) mass is 268 g/mol. The van der Waals surface area contributed by atoms with Gasteiger partial charge in [-0.25, -0.2) is 0 Å². The van der Waals surface area contributed by atoms with Gasteiger partial charge in [-0.3, -0.25) is 4.79 Å². The molecule has 1 aliphatic carbocycles. The first-order valence-corrected chi connectivity index (χ1v) is 7.72. The SMILES string of the molecule is CC1CCCC(CNC(=O)C2(CN)CCOCC2)C1. The van der Waals surface area contributed by atoms with Crippen LogP contribution in [0.3, 0.4) is 0 Å². The van der Waals surface area contributed by atoms with E-state index >= 15 is 0 Å². The number of nitrogens with two attached hydrogens (primary N) is 1. The summed E-state index contributed by atoms with van der Waals surface area (Å²) in [5.41, 5.74) is 5.48. The van der Waals surface area contributed by atoms with Crippen LogP contribution < -0.4 is 11.1 Å². The Bertz CT molecular complexity index is 301. The van der Waals surface area contributed by atoms with Gasteiger partial charge in [0.05, 0.1) is 5.41 Å². The van der Waals surface area contributed by atoms with E-state index in [4.69, 9.17) is 10.5 Å². The third kappa shape index (κ3) is 3.69. The Kier molecular flexibility index (Phi) is 5.22. The van der Waals surface area contributed by atoms with Gasteiger partial charge >= 0.3 is 0 Å². The second-order valence-electron chi connectivity index (χ2n) is 6.44. The molecule has 0 aromatic rings. The summed E-state index contributed by atoms with van der Waals surface area (Å²) >= 11 is 0. The molecule has 0 bridgehead atoms. The predicted octanol–water partition coefficient (Wildman–Crippen LogP) is 1.68. The highest BCUT2D eigenvalue weighted by molar-refractivity contribution is 5.83. The fraction of sp³-hybridized carbons (Fsp3) is 0.933. The summed E-state index contributed by atoms with van der Waals surface area (Å²) in [6, 6.07) is 0. The Labute approximate surface area is 116 Å². The van der Waals surface area contributed by atoms with Gasteiger partial charge in [0.15, 0.2) is 0 Å². The molecule has 1 heterocycles. The highest BCUT2D eigenvalue weighted by atomic mass is 16.5. The van der Waals surface area contributed by atoms with Gasteiger partial charge in [0, 0.05) is 26.3 Å². The van der Waals surface area contributed by atoms with Gasteiger partial charge in [-0.1, -0.05) is 19.8 Å². The van der Waals surface area contributed by atoms with E-state index in [1.165, 1.54) is 25.7 Å². The third-order valence-corrected chi connectivity index (χ3v) is 4.92. The molecule has 0 aromatic heterocycles. The average Bonchev–Trinajstić information content (AvgIpc) is 2.45. The van der Waals surface area contributed by atoms with Crippen molar-refractivity contribution in [2.75, 3.05) is 26.3 Å². The largest absolute Gasteiger partial charge is 0.381 e. The normalized spacial score (nSPS) is 30.8. The molecule has 2 unspecified atom stereocenters. The summed E-state index contributed by atoms with van der Waals surface area (Å²) in [5.74, 6) is 1.61. The minimum atomic E-state index is -0.376. The summed E-state index contributed by atoms with van der Waals surface area (Å²) in [6.45, 7) is 4.89. The molecule has 1 aliphatic heterocycles. The highest BCUT2D eigenvalue weighted by Crippen LogP contribution is 2.31. The second kappa shape index (κ2) is 6.71. The summed E-state index contributed by atoms with van der Waals surface area (Å²) in [4.78, 5) is 12.4. The van der Waals surface area contributed by atoms with Crippen molar-refractivity contribution >= 4 is 5.91 Å². The summed E-state index contributed by atoms with van der Waals surface area (Å²) in [5, 5.41) is 3.16. The zero-order chi connectivity index (χ0) is 13.7. The van der Waals surface area contributed by atoms with E-state index in [0.29, 0.717) is 25.7 Å². The number of nitrogens with one attached hydrogen (secondary N) is 1. The van der Waals surface area contributed by atoms with Gasteiger partial charge in [0.25, 0.3) is 0 Å². The van der Waals surface area contributed by atoms with Crippen molar-refractivity contribution < 1.29 is 9.53 Å². The molecule has 1 saturated heterocycles. The second-order valence-corrected chi connectivity index (χ2v) is 6.44. The van der Waals surface area contributed by atoms with E-state index in [9.17, 15) is 4.79 Å². The molecule has 2 atom stereocenters. The molecule has 2 rings (SSSR count). The number of hydrogen-bond donors (Lipinski definition) is 2. The smallest absolute Gasteiger partial charge is 0.227 e. The van der Waals surface area contributed by atoms with Crippen LogP contribution in [0.1, 0.15) is 45.4 Å². The maximum atomic E-state index is 12.4. The standard InChI is InChI=1S/C15H28N2O2/c1-12-3-2-4-13(9-12)10-17-14(18)15(11-16)5-7-19-8-6-15/h12-13H,2-11,16H2,1H3,(H,17,18). The molecule has 4 nitrogen and oxygen atoms in total. The van der Waals surface area contributed by atoms with Gasteiger partial charge in [-0.05, 0) is 37.5 Å². The van der Waals surface area contributed by atoms with Crippen LogP contribution in [0.2, 0.25) is 0 Å². The summed E-state index contributed by atoms with van der Waals surface area (Å²) in [7, 11) is 0. The summed E-state index contributed by atoms with van der Waals surface area (Å²) in [6.07, 6.45) is 6.67. The van der Waals surface area contributed by atoms with Crippen molar-refractivity contribution in [1.29, 1.82) is 0 Å². The Balaban J connectivity index is 1.82. The lowest BCUT2D eigenvalue weighted by atomic mass is 9.78. The van der Waals surface area contributed by atoms with Crippen LogP contribution in [0.25, 0.3) is 0 Å². The molecule has 1 amide bonds. The zero-order valence-corrected chi connectivity index (χ0v) is 12.1. The Hall–Kier alpha value is -0.610. The molecular formula is C15H28N2O2. The van der Waals surface area contributed by atoms with Crippen molar-refractivity contribution in [2.24, 2.45) is 23.0 Å². The van der Waals surface area contributed by atoms with Crippen LogP contribution in [0.15, 0.2) is 0 Å². The average molecular weight is 268 g/mol. The number of carbonyl (C=O) groups is 1. The van der Waals surface area contributed by atoms with Crippen molar-refractivity contribution in [3.8, 4) is 0 Å². The first-order valence-electron chi connectivity index (χ1n) is 7.72. The molecule has 2 aliphatic rings. The molecule has 19 heavy (non-hydrogen) atoms. The number of ether oxygens (including phenoxy) is 1. The maximum absolute atomic E-state index is 12.4. The Morgan fingerprint density at radius 2 is 2.11 bits per heavy atom. The predicted molar refractivity (Wildman–Crippen MR) is 75.7 cm³/mol. The van der Waals surface area contributed by atoms with Gasteiger partial charge in [-0.15, -0.1) is 0 Å². The van der Waals surface area contributed by atoms with Crippen LogP contribution in [-0.4, -0.2) is 32.2 Å².